The molecule has 2 N–H and O–H groups in total. The average Bonchev–Trinajstić information content (AvgIpc) is 3.28. The van der Waals surface area contributed by atoms with Gasteiger partial charge in [-0.1, -0.05) is 6.07 Å². The second-order valence-corrected chi connectivity index (χ2v) is 6.96. The van der Waals surface area contributed by atoms with Crippen LogP contribution in [0.5, 0.6) is 0 Å². The first-order valence-corrected chi connectivity index (χ1v) is 9.09. The fraction of sp³-hybridized carbons (Fsp3) is 0.263. The lowest BCUT2D eigenvalue weighted by atomic mass is 10.1. The molecule has 0 aliphatic heterocycles. The van der Waals surface area contributed by atoms with Gasteiger partial charge < -0.3 is 5.32 Å². The number of H-pyrrole nitrogens is 1. The van der Waals surface area contributed by atoms with E-state index in [2.05, 4.69) is 20.4 Å². The highest BCUT2D eigenvalue weighted by molar-refractivity contribution is 6.04. The van der Waals surface area contributed by atoms with Crippen LogP contribution < -0.4 is 10.9 Å². The summed E-state index contributed by atoms with van der Waals surface area (Å²) in [6.45, 7) is 3.35. The molecule has 1 aromatic carbocycles. The van der Waals surface area contributed by atoms with Crippen molar-refractivity contribution in [3.05, 3.63) is 72.8 Å². The van der Waals surface area contributed by atoms with E-state index in [1.54, 1.807) is 19.9 Å². The van der Waals surface area contributed by atoms with Crippen molar-refractivity contribution in [2.24, 2.45) is 0 Å². The fourth-order valence-electron chi connectivity index (χ4n) is 3.41. The summed E-state index contributed by atoms with van der Waals surface area (Å²) in [5.74, 6) is -0.0106. The highest BCUT2D eigenvalue weighted by Gasteiger charge is 2.21. The molecular formula is C19H18N6O4. The van der Waals surface area contributed by atoms with Crippen LogP contribution in [0.2, 0.25) is 0 Å². The summed E-state index contributed by atoms with van der Waals surface area (Å²) in [4.78, 5) is 42.8. The van der Waals surface area contributed by atoms with Gasteiger partial charge in [0.1, 0.15) is 5.82 Å². The molecule has 1 aliphatic rings. The number of aromatic amines is 1. The first-order chi connectivity index (χ1) is 13.8. The van der Waals surface area contributed by atoms with Gasteiger partial charge in [-0.2, -0.15) is 9.78 Å². The van der Waals surface area contributed by atoms with E-state index in [0.29, 0.717) is 29.1 Å². The number of nitro groups is 1. The minimum atomic E-state index is -0.530. The smallest absolute Gasteiger partial charge is 0.273 e. The van der Waals surface area contributed by atoms with Crippen LogP contribution in [0.3, 0.4) is 0 Å². The van der Waals surface area contributed by atoms with Crippen LogP contribution in [-0.2, 0) is 12.8 Å². The van der Waals surface area contributed by atoms with Crippen molar-refractivity contribution < 1.29 is 9.72 Å². The summed E-state index contributed by atoms with van der Waals surface area (Å²) < 4.78 is 1.36. The summed E-state index contributed by atoms with van der Waals surface area (Å²) in [6, 6.07) is 5.90. The minimum absolute atomic E-state index is 0.132. The Bertz CT molecular complexity index is 1210. The van der Waals surface area contributed by atoms with Crippen molar-refractivity contribution in [3.63, 3.8) is 0 Å². The maximum absolute atomic E-state index is 12.7. The standard InChI is InChI=1S/C19H18N6O4/c1-10-6-7-12(9-15(10)25(28)29)17(26)21-16-8-11(2)23-24(16)19-20-14-5-3-4-13(14)18(27)22-19/h6-9H,3-5H2,1-2H3,(H,21,26)(H,20,22,27). The number of aromatic nitrogens is 4. The average molecular weight is 394 g/mol. The number of hydrogen-bond acceptors (Lipinski definition) is 6. The molecule has 0 spiro atoms. The number of anilines is 1. The molecule has 0 fully saturated rings. The van der Waals surface area contributed by atoms with Crippen molar-refractivity contribution in [2.45, 2.75) is 33.1 Å². The van der Waals surface area contributed by atoms with Crippen LogP contribution in [0.15, 0.2) is 29.1 Å². The molecule has 0 saturated heterocycles. The molecule has 3 aromatic rings. The van der Waals surface area contributed by atoms with Crippen molar-refractivity contribution >= 4 is 17.4 Å². The zero-order valence-electron chi connectivity index (χ0n) is 15.9. The third-order valence-electron chi connectivity index (χ3n) is 4.87. The van der Waals surface area contributed by atoms with E-state index in [-0.39, 0.29) is 22.8 Å². The van der Waals surface area contributed by atoms with Gasteiger partial charge in [-0.25, -0.2) is 4.98 Å². The highest BCUT2D eigenvalue weighted by Crippen LogP contribution is 2.22. The van der Waals surface area contributed by atoms with Crippen LogP contribution in [-0.4, -0.2) is 30.6 Å². The third-order valence-corrected chi connectivity index (χ3v) is 4.87. The van der Waals surface area contributed by atoms with E-state index in [1.807, 2.05) is 0 Å². The number of nitrogens with one attached hydrogen (secondary N) is 2. The monoisotopic (exact) mass is 394 g/mol. The predicted octanol–water partition coefficient (Wildman–Crippen LogP) is 2.22. The summed E-state index contributed by atoms with van der Waals surface area (Å²) in [7, 11) is 0. The van der Waals surface area contributed by atoms with Gasteiger partial charge in [0.25, 0.3) is 17.2 Å². The van der Waals surface area contributed by atoms with Gasteiger partial charge in [0, 0.05) is 28.8 Å². The lowest BCUT2D eigenvalue weighted by Gasteiger charge is -2.09. The number of fused-ring (bicyclic) bond motifs is 1. The first-order valence-electron chi connectivity index (χ1n) is 9.09. The number of carbonyl (C=O) groups is 1. The van der Waals surface area contributed by atoms with Gasteiger partial charge in [-0.15, -0.1) is 0 Å². The minimum Gasteiger partial charge on any atom is -0.306 e. The molecule has 2 heterocycles. The summed E-state index contributed by atoms with van der Waals surface area (Å²) >= 11 is 0. The van der Waals surface area contributed by atoms with Crippen LogP contribution in [0.1, 0.15) is 39.3 Å². The molecule has 29 heavy (non-hydrogen) atoms. The molecule has 10 nitrogen and oxygen atoms in total. The maximum atomic E-state index is 12.7. The fourth-order valence-corrected chi connectivity index (χ4v) is 3.41. The van der Waals surface area contributed by atoms with E-state index in [0.717, 1.165) is 18.5 Å². The van der Waals surface area contributed by atoms with Gasteiger partial charge in [0.15, 0.2) is 0 Å². The molecule has 4 rings (SSSR count). The zero-order chi connectivity index (χ0) is 20.7. The van der Waals surface area contributed by atoms with Gasteiger partial charge in [-0.3, -0.25) is 24.7 Å². The normalized spacial score (nSPS) is 12.6. The summed E-state index contributed by atoms with van der Waals surface area (Å²) in [6.07, 6.45) is 2.30. The first kappa shape index (κ1) is 18.5. The van der Waals surface area contributed by atoms with E-state index >= 15 is 0 Å². The largest absolute Gasteiger partial charge is 0.306 e. The van der Waals surface area contributed by atoms with E-state index in [4.69, 9.17) is 0 Å². The van der Waals surface area contributed by atoms with E-state index in [9.17, 15) is 19.7 Å². The van der Waals surface area contributed by atoms with Gasteiger partial charge in [0.2, 0.25) is 5.95 Å². The Labute approximate surface area is 164 Å². The van der Waals surface area contributed by atoms with Crippen LogP contribution in [0.4, 0.5) is 11.5 Å². The summed E-state index contributed by atoms with van der Waals surface area (Å²) in [5, 5.41) is 18.2. The quantitative estimate of drug-likeness (QED) is 0.514. The molecule has 0 saturated carbocycles. The van der Waals surface area contributed by atoms with Crippen LogP contribution in [0, 0.1) is 24.0 Å². The number of hydrogen-bond donors (Lipinski definition) is 2. The number of rotatable bonds is 4. The number of benzene rings is 1. The maximum Gasteiger partial charge on any atom is 0.273 e. The van der Waals surface area contributed by atoms with Crippen molar-refractivity contribution in [3.8, 4) is 5.95 Å². The number of amides is 1. The molecule has 0 atom stereocenters. The number of aryl methyl sites for hydroxylation is 3. The van der Waals surface area contributed by atoms with E-state index < -0.39 is 10.8 Å². The molecule has 10 heteroatoms. The molecule has 148 valence electrons. The van der Waals surface area contributed by atoms with Gasteiger partial charge >= 0.3 is 0 Å². The summed E-state index contributed by atoms with van der Waals surface area (Å²) in [5.41, 5.74) is 2.31. The van der Waals surface area contributed by atoms with Gasteiger partial charge in [-0.05, 0) is 39.2 Å². The Morgan fingerprint density at radius 2 is 2.07 bits per heavy atom. The number of nitro benzene ring substituents is 1. The molecular weight excluding hydrogens is 376 g/mol. The lowest BCUT2D eigenvalue weighted by molar-refractivity contribution is -0.385. The lowest BCUT2D eigenvalue weighted by Crippen LogP contribution is -2.21. The van der Waals surface area contributed by atoms with Crippen molar-refractivity contribution in [2.75, 3.05) is 5.32 Å². The molecule has 1 aliphatic carbocycles. The molecule has 2 aromatic heterocycles. The van der Waals surface area contributed by atoms with Crippen molar-refractivity contribution in [1.29, 1.82) is 0 Å². The molecule has 0 bridgehead atoms. The zero-order valence-corrected chi connectivity index (χ0v) is 15.9. The number of nitrogens with zero attached hydrogens (tertiary/aromatic N) is 4. The second-order valence-electron chi connectivity index (χ2n) is 6.96. The second kappa shape index (κ2) is 6.97. The van der Waals surface area contributed by atoms with Crippen LogP contribution >= 0.6 is 0 Å². The van der Waals surface area contributed by atoms with Crippen molar-refractivity contribution in [1.82, 2.24) is 19.7 Å². The highest BCUT2D eigenvalue weighted by atomic mass is 16.6. The van der Waals surface area contributed by atoms with E-state index in [1.165, 1.54) is 22.9 Å². The Morgan fingerprint density at radius 3 is 2.83 bits per heavy atom. The molecule has 0 radical (unpaired) electrons. The SMILES string of the molecule is Cc1cc(NC(=O)c2ccc(C)c([N+](=O)[O-])c2)n(-c2nc3c(c(=O)[nH]2)CCC3)n1. The Kier molecular flexibility index (Phi) is 4.45. The van der Waals surface area contributed by atoms with Gasteiger partial charge in [0.05, 0.1) is 16.3 Å². The topological polar surface area (TPSA) is 136 Å². The Morgan fingerprint density at radius 1 is 1.28 bits per heavy atom. The molecule has 0 unspecified atom stereocenters. The predicted molar refractivity (Wildman–Crippen MR) is 105 cm³/mol. The Balaban J connectivity index is 1.69. The third kappa shape index (κ3) is 3.40. The molecule has 1 amide bonds. The Hall–Kier alpha value is -3.82. The van der Waals surface area contributed by atoms with Crippen LogP contribution in [0.25, 0.3) is 5.95 Å². The number of carbonyl (C=O) groups excluding carboxylic acids is 1.